The molecule has 0 unspecified atom stereocenters. The molecule has 1 aromatic rings. The lowest BCUT2D eigenvalue weighted by atomic mass is 10.1. The molecule has 21 heavy (non-hydrogen) atoms. The Kier molecular flexibility index (Phi) is 3.17. The maximum absolute atomic E-state index is 11.9. The van der Waals surface area contributed by atoms with Gasteiger partial charge in [-0.25, -0.2) is 4.79 Å². The molecule has 0 aromatic heterocycles. The van der Waals surface area contributed by atoms with Crippen molar-refractivity contribution < 1.29 is 24.0 Å². The monoisotopic (exact) mass is 288 g/mol. The van der Waals surface area contributed by atoms with Crippen LogP contribution in [0, 0.1) is 5.92 Å². The molecule has 108 valence electrons. The third-order valence-electron chi connectivity index (χ3n) is 3.30. The van der Waals surface area contributed by atoms with E-state index in [4.69, 9.17) is 4.84 Å². The van der Waals surface area contributed by atoms with Crippen LogP contribution in [0.4, 0.5) is 0 Å². The number of hydroxylamine groups is 2. The number of nitrogens with one attached hydrogen (secondary N) is 1. The molecule has 0 atom stereocenters. The van der Waals surface area contributed by atoms with Gasteiger partial charge in [-0.05, 0) is 25.0 Å². The maximum atomic E-state index is 11.9. The summed E-state index contributed by atoms with van der Waals surface area (Å²) in [6, 6.07) is 6.20. The third kappa shape index (κ3) is 2.49. The number of nitrogens with zero attached hydrogens (tertiary/aromatic N) is 1. The number of hydrogen-bond donors (Lipinski definition) is 1. The second-order valence-electron chi connectivity index (χ2n) is 4.91. The number of imide groups is 1. The molecule has 1 heterocycles. The lowest BCUT2D eigenvalue weighted by molar-refractivity contribution is -0.167. The summed E-state index contributed by atoms with van der Waals surface area (Å²) in [5.74, 6) is -2.47. The van der Waals surface area contributed by atoms with Crippen molar-refractivity contribution in [2.24, 2.45) is 5.92 Å². The van der Waals surface area contributed by atoms with Gasteiger partial charge in [0, 0.05) is 5.92 Å². The van der Waals surface area contributed by atoms with Crippen molar-refractivity contribution >= 4 is 23.7 Å². The Morgan fingerprint density at radius 1 is 1.14 bits per heavy atom. The number of rotatable bonds is 4. The molecule has 1 aromatic carbocycles. The van der Waals surface area contributed by atoms with Gasteiger partial charge in [0.25, 0.3) is 11.8 Å². The predicted molar refractivity (Wildman–Crippen MR) is 68.8 cm³/mol. The van der Waals surface area contributed by atoms with Crippen molar-refractivity contribution in [3.63, 3.8) is 0 Å². The fraction of sp³-hybridized carbons (Fsp3) is 0.286. The number of carbonyl (C=O) groups excluding carboxylic acids is 4. The molecule has 3 rings (SSSR count). The van der Waals surface area contributed by atoms with E-state index in [1.807, 2.05) is 0 Å². The average Bonchev–Trinajstić information content (AvgIpc) is 3.30. The predicted octanol–water partition coefficient (Wildman–Crippen LogP) is 0.267. The molecule has 3 amide bonds. The Balaban J connectivity index is 1.60. The highest BCUT2D eigenvalue weighted by Gasteiger charge is 2.38. The van der Waals surface area contributed by atoms with Crippen molar-refractivity contribution in [3.8, 4) is 0 Å². The van der Waals surface area contributed by atoms with Crippen LogP contribution in [-0.4, -0.2) is 35.3 Å². The average molecular weight is 288 g/mol. The largest absolute Gasteiger partial charge is 0.352 e. The molecule has 2 aliphatic rings. The fourth-order valence-corrected chi connectivity index (χ4v) is 2.03. The van der Waals surface area contributed by atoms with Crippen molar-refractivity contribution in [1.29, 1.82) is 0 Å². The minimum atomic E-state index is -0.862. The van der Waals surface area contributed by atoms with Gasteiger partial charge in [0.15, 0.2) is 0 Å². The smallest absolute Gasteiger partial charge is 0.345 e. The first kappa shape index (κ1) is 13.3. The van der Waals surface area contributed by atoms with E-state index in [0.717, 1.165) is 12.8 Å². The molecule has 0 spiro atoms. The number of benzene rings is 1. The van der Waals surface area contributed by atoms with E-state index in [-0.39, 0.29) is 29.5 Å². The van der Waals surface area contributed by atoms with Crippen LogP contribution >= 0.6 is 0 Å². The van der Waals surface area contributed by atoms with Gasteiger partial charge in [0.1, 0.15) is 6.54 Å². The van der Waals surface area contributed by atoms with Crippen LogP contribution in [0.25, 0.3) is 0 Å². The van der Waals surface area contributed by atoms with Crippen LogP contribution in [0.5, 0.6) is 0 Å². The highest BCUT2D eigenvalue weighted by atomic mass is 16.7. The molecule has 7 nitrogen and oxygen atoms in total. The molecule has 7 heteroatoms. The quantitative estimate of drug-likeness (QED) is 0.803. The van der Waals surface area contributed by atoms with E-state index >= 15 is 0 Å². The number of hydrogen-bond acceptors (Lipinski definition) is 5. The molecule has 0 bridgehead atoms. The first-order chi connectivity index (χ1) is 10.1. The summed E-state index contributed by atoms with van der Waals surface area (Å²) in [4.78, 5) is 51.6. The fourth-order valence-electron chi connectivity index (χ4n) is 2.03. The first-order valence-corrected chi connectivity index (χ1v) is 6.54. The van der Waals surface area contributed by atoms with Crippen LogP contribution < -0.4 is 5.32 Å². The second-order valence-corrected chi connectivity index (χ2v) is 4.91. The van der Waals surface area contributed by atoms with Crippen molar-refractivity contribution in [3.05, 3.63) is 35.4 Å². The summed E-state index contributed by atoms with van der Waals surface area (Å²) in [6.07, 6.45) is 1.64. The second kappa shape index (κ2) is 5.01. The highest BCUT2D eigenvalue weighted by molar-refractivity contribution is 6.20. The Morgan fingerprint density at radius 3 is 2.24 bits per heavy atom. The summed E-state index contributed by atoms with van der Waals surface area (Å²) in [6.45, 7) is -0.372. The van der Waals surface area contributed by atoms with E-state index in [2.05, 4.69) is 5.32 Å². The molecular formula is C14H12N2O5. The number of carbonyl (C=O) groups is 4. The van der Waals surface area contributed by atoms with E-state index in [1.54, 1.807) is 12.1 Å². The zero-order valence-corrected chi connectivity index (χ0v) is 11.0. The van der Waals surface area contributed by atoms with Crippen LogP contribution in [-0.2, 0) is 14.4 Å². The molecule has 0 radical (unpaired) electrons. The van der Waals surface area contributed by atoms with Crippen molar-refractivity contribution in [1.82, 2.24) is 10.4 Å². The summed E-state index contributed by atoms with van der Waals surface area (Å²) in [7, 11) is 0. The minimum absolute atomic E-state index is 0.0305. The van der Waals surface area contributed by atoms with Gasteiger partial charge >= 0.3 is 5.97 Å². The van der Waals surface area contributed by atoms with Gasteiger partial charge in [-0.15, -0.1) is 0 Å². The summed E-state index contributed by atoms with van der Waals surface area (Å²) in [5.41, 5.74) is 0.384. The van der Waals surface area contributed by atoms with Crippen LogP contribution in [0.1, 0.15) is 33.6 Å². The molecule has 1 N–H and O–H groups in total. The van der Waals surface area contributed by atoms with Gasteiger partial charge in [-0.1, -0.05) is 17.2 Å². The Morgan fingerprint density at radius 2 is 1.71 bits per heavy atom. The van der Waals surface area contributed by atoms with Crippen molar-refractivity contribution in [2.75, 3.05) is 6.54 Å². The Hall–Kier alpha value is -2.70. The van der Waals surface area contributed by atoms with E-state index < -0.39 is 17.8 Å². The topological polar surface area (TPSA) is 92.8 Å². The summed E-state index contributed by atoms with van der Waals surface area (Å²) >= 11 is 0. The molecular weight excluding hydrogens is 276 g/mol. The summed E-state index contributed by atoms with van der Waals surface area (Å²) in [5, 5.41) is 2.83. The molecule has 1 aliphatic heterocycles. The SMILES string of the molecule is O=C(CNC(=O)C1CC1)ON1C(=O)c2ccccc2C1=O. The number of amides is 3. The van der Waals surface area contributed by atoms with E-state index in [9.17, 15) is 19.2 Å². The van der Waals surface area contributed by atoms with Gasteiger partial charge in [0.05, 0.1) is 11.1 Å². The zero-order valence-electron chi connectivity index (χ0n) is 11.0. The van der Waals surface area contributed by atoms with Crippen LogP contribution in [0.3, 0.4) is 0 Å². The lowest BCUT2D eigenvalue weighted by Crippen LogP contribution is -2.38. The van der Waals surface area contributed by atoms with Crippen LogP contribution in [0.15, 0.2) is 24.3 Å². The van der Waals surface area contributed by atoms with E-state index in [0.29, 0.717) is 5.06 Å². The lowest BCUT2D eigenvalue weighted by Gasteiger charge is -2.12. The third-order valence-corrected chi connectivity index (χ3v) is 3.30. The normalized spacial score (nSPS) is 16.7. The van der Waals surface area contributed by atoms with Gasteiger partial charge in [0.2, 0.25) is 5.91 Å². The first-order valence-electron chi connectivity index (χ1n) is 6.54. The van der Waals surface area contributed by atoms with E-state index in [1.165, 1.54) is 12.1 Å². The molecule has 1 fully saturated rings. The Labute approximate surface area is 119 Å². The molecule has 0 saturated heterocycles. The highest BCUT2D eigenvalue weighted by Crippen LogP contribution is 2.28. The molecule has 1 aliphatic carbocycles. The maximum Gasteiger partial charge on any atom is 0.352 e. The minimum Gasteiger partial charge on any atom is -0.345 e. The van der Waals surface area contributed by atoms with Crippen LogP contribution in [0.2, 0.25) is 0 Å². The Bertz CT molecular complexity index is 616. The summed E-state index contributed by atoms with van der Waals surface area (Å²) < 4.78 is 0. The standard InChI is InChI=1S/C14H12N2O5/c17-11(7-15-12(18)8-5-6-8)21-16-13(19)9-3-1-2-4-10(9)14(16)20/h1-4,8H,5-7H2,(H,15,18). The van der Waals surface area contributed by atoms with Gasteiger partial charge in [-0.2, -0.15) is 0 Å². The van der Waals surface area contributed by atoms with Gasteiger partial charge in [-0.3, -0.25) is 14.4 Å². The van der Waals surface area contributed by atoms with Crippen molar-refractivity contribution in [2.45, 2.75) is 12.8 Å². The number of fused-ring (bicyclic) bond motifs is 1. The molecule has 1 saturated carbocycles. The zero-order chi connectivity index (χ0) is 15.0. The van der Waals surface area contributed by atoms with Gasteiger partial charge < -0.3 is 10.2 Å².